The number of nitrogens with zero attached hydrogens (tertiary/aromatic N) is 1. The maximum absolute atomic E-state index is 13.0. The van der Waals surface area contributed by atoms with Gasteiger partial charge in [-0.3, -0.25) is 0 Å². The van der Waals surface area contributed by atoms with Crippen LogP contribution in [0.15, 0.2) is 57.3 Å². The normalized spacial score (nSPS) is 33.9. The number of hydrogen-bond donors (Lipinski definition) is 0. The van der Waals surface area contributed by atoms with E-state index in [4.69, 9.17) is 16.0 Å². The number of hydrogen-bond acceptors (Lipinski definition) is 3. The average Bonchev–Trinajstić information content (AvgIpc) is 3.12. The van der Waals surface area contributed by atoms with Gasteiger partial charge in [0, 0.05) is 16.1 Å². The van der Waals surface area contributed by atoms with Gasteiger partial charge in [-0.1, -0.05) is 43.7 Å². The van der Waals surface area contributed by atoms with Crippen molar-refractivity contribution < 1.29 is 4.42 Å². The van der Waals surface area contributed by atoms with Gasteiger partial charge in [-0.15, -0.1) is 0 Å². The lowest BCUT2D eigenvalue weighted by Crippen LogP contribution is -2.49. The zero-order chi connectivity index (χ0) is 23.0. The minimum absolute atomic E-state index is 0.176. The summed E-state index contributed by atoms with van der Waals surface area (Å²) < 4.78 is 5.82. The lowest BCUT2D eigenvalue weighted by atomic mass is 9.48. The van der Waals surface area contributed by atoms with Crippen molar-refractivity contribution in [1.82, 2.24) is 0 Å². The molecular weight excluding hydrogens is 430 g/mol. The van der Waals surface area contributed by atoms with Gasteiger partial charge in [0.25, 0.3) is 0 Å². The zero-order valence-corrected chi connectivity index (χ0v) is 19.9. The van der Waals surface area contributed by atoms with E-state index in [2.05, 4.69) is 38.1 Å². The molecule has 0 bridgehead atoms. The minimum Gasteiger partial charge on any atom is -0.421 e. The third-order valence-electron chi connectivity index (χ3n) is 9.48. The molecule has 0 spiro atoms. The molecule has 6 rings (SSSR count). The quantitative estimate of drug-likeness (QED) is 0.464. The molecule has 0 unspecified atom stereocenters. The van der Waals surface area contributed by atoms with Crippen molar-refractivity contribution in [3.8, 4) is 17.4 Å². The second-order valence-corrected chi connectivity index (χ2v) is 11.3. The Kier molecular flexibility index (Phi) is 4.59. The molecule has 3 nitrogen and oxygen atoms in total. The molecule has 4 heteroatoms. The van der Waals surface area contributed by atoms with E-state index in [-0.39, 0.29) is 16.4 Å². The van der Waals surface area contributed by atoms with Gasteiger partial charge in [0.2, 0.25) is 0 Å². The largest absolute Gasteiger partial charge is 0.421 e. The number of benzene rings is 1. The summed E-state index contributed by atoms with van der Waals surface area (Å²) in [4.78, 5) is 13.0. The van der Waals surface area contributed by atoms with Gasteiger partial charge in [0.15, 0.2) is 0 Å². The Labute approximate surface area is 199 Å². The first-order valence-electron chi connectivity index (χ1n) is 12.1. The topological polar surface area (TPSA) is 54.0 Å². The summed E-state index contributed by atoms with van der Waals surface area (Å²) in [6, 6.07) is 9.68. The van der Waals surface area contributed by atoms with E-state index in [1.54, 1.807) is 0 Å². The van der Waals surface area contributed by atoms with Gasteiger partial charge in [0.05, 0.1) is 0 Å². The average molecular weight is 458 g/mol. The Balaban J connectivity index is 1.51. The molecule has 0 saturated heterocycles. The summed E-state index contributed by atoms with van der Waals surface area (Å²) in [6.07, 6.45) is 13.6. The van der Waals surface area contributed by atoms with E-state index in [0.717, 1.165) is 48.8 Å². The SMILES string of the molecule is C[C@]12CCC=CC1=CC[C@@H]1[C@@H]2CC[C@]2(C)c3c(c(-c4ccc(Cl)cc4)oc(=O)c3C#N)C[C@@H]12. The van der Waals surface area contributed by atoms with Gasteiger partial charge in [0.1, 0.15) is 17.4 Å². The van der Waals surface area contributed by atoms with Crippen LogP contribution in [-0.4, -0.2) is 0 Å². The van der Waals surface area contributed by atoms with Crippen LogP contribution >= 0.6 is 11.6 Å². The van der Waals surface area contributed by atoms with Crippen LogP contribution in [0.2, 0.25) is 5.02 Å². The standard InChI is InChI=1S/C29H28ClNO2/c1-28-13-4-3-5-18(28)8-11-20-23(28)12-14-29(2)24(20)15-21-25(29)22(16-31)27(32)33-26(21)17-6-9-19(30)10-7-17/h3,5-10,20,23-24H,4,11-15H2,1-2H3/t20-,23+,24+,28+,29+/m1/s1. The fourth-order valence-corrected chi connectivity index (χ4v) is 7.98. The molecule has 1 fully saturated rings. The summed E-state index contributed by atoms with van der Waals surface area (Å²) in [7, 11) is 0. The van der Waals surface area contributed by atoms with Crippen molar-refractivity contribution in [2.45, 2.75) is 57.8 Å². The molecule has 2 aromatic rings. The number of halogens is 1. The van der Waals surface area contributed by atoms with Crippen molar-refractivity contribution >= 4 is 11.6 Å². The lowest BCUT2D eigenvalue weighted by Gasteiger charge is -2.56. The van der Waals surface area contributed by atoms with Crippen LogP contribution in [0.5, 0.6) is 0 Å². The Hall–Kier alpha value is -2.57. The van der Waals surface area contributed by atoms with E-state index in [0.29, 0.717) is 28.5 Å². The molecule has 33 heavy (non-hydrogen) atoms. The van der Waals surface area contributed by atoms with E-state index in [9.17, 15) is 10.1 Å². The van der Waals surface area contributed by atoms with Gasteiger partial charge in [-0.05, 0) is 103 Å². The lowest BCUT2D eigenvalue weighted by molar-refractivity contribution is 0.00848. The molecule has 0 N–H and O–H groups in total. The highest BCUT2D eigenvalue weighted by molar-refractivity contribution is 6.30. The molecule has 4 aliphatic rings. The van der Waals surface area contributed by atoms with Crippen molar-refractivity contribution in [1.29, 1.82) is 5.26 Å². The molecule has 0 aliphatic heterocycles. The Bertz CT molecular complexity index is 1310. The van der Waals surface area contributed by atoms with Crippen LogP contribution < -0.4 is 5.63 Å². The van der Waals surface area contributed by atoms with Crippen molar-refractivity contribution in [2.75, 3.05) is 0 Å². The molecule has 1 aromatic heterocycles. The first-order chi connectivity index (χ1) is 15.9. The van der Waals surface area contributed by atoms with E-state index in [1.807, 2.05) is 24.3 Å². The molecule has 1 aromatic carbocycles. The van der Waals surface area contributed by atoms with Crippen LogP contribution in [0, 0.1) is 34.5 Å². The Morgan fingerprint density at radius 3 is 2.67 bits per heavy atom. The summed E-state index contributed by atoms with van der Waals surface area (Å²) in [6.45, 7) is 4.77. The number of nitriles is 1. The van der Waals surface area contributed by atoms with Crippen LogP contribution in [-0.2, 0) is 11.8 Å². The molecule has 1 heterocycles. The second kappa shape index (κ2) is 7.21. The first-order valence-corrected chi connectivity index (χ1v) is 12.5. The first kappa shape index (κ1) is 21.0. The Morgan fingerprint density at radius 1 is 1.12 bits per heavy atom. The number of rotatable bonds is 1. The Morgan fingerprint density at radius 2 is 1.91 bits per heavy atom. The summed E-state index contributed by atoms with van der Waals surface area (Å²) in [5, 5.41) is 10.6. The van der Waals surface area contributed by atoms with Crippen LogP contribution in [0.1, 0.15) is 62.6 Å². The third kappa shape index (κ3) is 2.83. The maximum Gasteiger partial charge on any atom is 0.354 e. The molecule has 4 aliphatic carbocycles. The summed E-state index contributed by atoms with van der Waals surface area (Å²) >= 11 is 6.12. The summed E-state index contributed by atoms with van der Waals surface area (Å²) in [5.74, 6) is 2.22. The smallest absolute Gasteiger partial charge is 0.354 e. The van der Waals surface area contributed by atoms with Crippen LogP contribution in [0.25, 0.3) is 11.3 Å². The highest BCUT2D eigenvalue weighted by atomic mass is 35.5. The fourth-order valence-electron chi connectivity index (χ4n) is 7.86. The van der Waals surface area contributed by atoms with Crippen LogP contribution in [0.3, 0.4) is 0 Å². The minimum atomic E-state index is -0.514. The van der Waals surface area contributed by atoms with E-state index < -0.39 is 5.63 Å². The van der Waals surface area contributed by atoms with Crippen molar-refractivity contribution in [3.05, 3.63) is 80.2 Å². The van der Waals surface area contributed by atoms with Gasteiger partial charge in [-0.2, -0.15) is 5.26 Å². The van der Waals surface area contributed by atoms with Crippen molar-refractivity contribution in [2.24, 2.45) is 23.2 Å². The monoisotopic (exact) mass is 457 g/mol. The van der Waals surface area contributed by atoms with Crippen molar-refractivity contribution in [3.63, 3.8) is 0 Å². The molecule has 1 saturated carbocycles. The third-order valence-corrected chi connectivity index (χ3v) is 9.73. The van der Waals surface area contributed by atoms with E-state index in [1.165, 1.54) is 12.0 Å². The van der Waals surface area contributed by atoms with Gasteiger partial charge >= 0.3 is 5.63 Å². The molecule has 0 radical (unpaired) electrons. The second-order valence-electron chi connectivity index (χ2n) is 10.9. The summed E-state index contributed by atoms with van der Waals surface area (Å²) in [5.41, 5.74) is 4.15. The number of allylic oxidation sites excluding steroid dienone is 4. The molecule has 5 atom stereocenters. The predicted molar refractivity (Wildman–Crippen MR) is 130 cm³/mol. The van der Waals surface area contributed by atoms with Gasteiger partial charge < -0.3 is 4.42 Å². The molecule has 168 valence electrons. The maximum atomic E-state index is 13.0. The molecule has 0 amide bonds. The zero-order valence-electron chi connectivity index (χ0n) is 19.2. The molecular formula is C29H28ClNO2. The highest BCUT2D eigenvalue weighted by Gasteiger charge is 2.58. The highest BCUT2D eigenvalue weighted by Crippen LogP contribution is 2.64. The van der Waals surface area contributed by atoms with Crippen LogP contribution in [0.4, 0.5) is 0 Å². The predicted octanol–water partition coefficient (Wildman–Crippen LogP) is 6.97. The van der Waals surface area contributed by atoms with E-state index >= 15 is 0 Å². The number of fused-ring (bicyclic) bond motifs is 7. The van der Waals surface area contributed by atoms with Gasteiger partial charge in [-0.25, -0.2) is 4.79 Å². The fraction of sp³-hybridized carbons (Fsp3) is 0.448.